The van der Waals surface area contributed by atoms with Crippen molar-refractivity contribution in [3.05, 3.63) is 106 Å². The molecule has 252 valence electrons. The number of phenolic OH excluding ortho intramolecular Hbond substituents is 1. The molecule has 0 bridgehead atoms. The first-order valence-electron chi connectivity index (χ1n) is 16.8. The summed E-state index contributed by atoms with van der Waals surface area (Å²) < 4.78 is 29.0. The molecule has 6 atom stereocenters. The van der Waals surface area contributed by atoms with Crippen LogP contribution >= 0.6 is 11.6 Å². The van der Waals surface area contributed by atoms with Crippen LogP contribution in [0.3, 0.4) is 0 Å². The van der Waals surface area contributed by atoms with Crippen LogP contribution in [0.2, 0.25) is 5.02 Å². The standard InChI is InChI=1S/C38H34ClF2N3O5/c39-22-9-7-21(8-10-22)38-29(35(47)44(37(38)49)42-24-13-11-23(40)12-14-24)19-28-26(33(38)20-6-17-31(45)30(41)18-20)15-16-27-32(28)36(48)43(34(27)46)25-4-2-1-3-5-25/h6-15,17-18,25,27-29,32-33,42,45H,1-5,16,19H2. The molecule has 6 unspecified atom stereocenters. The van der Waals surface area contributed by atoms with Crippen molar-refractivity contribution in [1.82, 2.24) is 9.91 Å². The van der Waals surface area contributed by atoms with Gasteiger partial charge in [-0.2, -0.15) is 5.01 Å². The molecule has 8 rings (SSSR count). The largest absolute Gasteiger partial charge is 0.505 e. The molecule has 2 N–H and O–H groups in total. The number of likely N-dealkylation sites (tertiary alicyclic amines) is 1. The number of aromatic hydroxyl groups is 1. The molecule has 3 aromatic carbocycles. The van der Waals surface area contributed by atoms with E-state index in [0.717, 1.165) is 37.1 Å². The third-order valence-corrected chi connectivity index (χ3v) is 11.8. The number of benzene rings is 3. The van der Waals surface area contributed by atoms with Crippen LogP contribution in [0.5, 0.6) is 5.75 Å². The van der Waals surface area contributed by atoms with Crippen molar-refractivity contribution in [3.8, 4) is 5.75 Å². The Morgan fingerprint density at radius 3 is 2.24 bits per heavy atom. The summed E-state index contributed by atoms with van der Waals surface area (Å²) in [5.74, 6) is -7.45. The van der Waals surface area contributed by atoms with Gasteiger partial charge in [0.1, 0.15) is 5.82 Å². The van der Waals surface area contributed by atoms with Gasteiger partial charge in [0, 0.05) is 17.0 Å². The Balaban J connectivity index is 1.31. The Kier molecular flexibility index (Phi) is 7.62. The van der Waals surface area contributed by atoms with Crippen LogP contribution in [-0.4, -0.2) is 44.7 Å². The van der Waals surface area contributed by atoms with E-state index in [1.54, 1.807) is 24.3 Å². The van der Waals surface area contributed by atoms with Gasteiger partial charge in [0.15, 0.2) is 11.6 Å². The normalized spacial score (nSPS) is 29.9. The lowest BCUT2D eigenvalue weighted by Gasteiger charge is -2.50. The summed E-state index contributed by atoms with van der Waals surface area (Å²) in [5.41, 5.74) is 3.08. The summed E-state index contributed by atoms with van der Waals surface area (Å²) in [6.07, 6.45) is 6.74. The van der Waals surface area contributed by atoms with Crippen LogP contribution in [0.1, 0.15) is 62.0 Å². The fraction of sp³-hybridized carbons (Fsp3) is 0.368. The summed E-state index contributed by atoms with van der Waals surface area (Å²) in [6, 6.07) is 15.6. The van der Waals surface area contributed by atoms with Gasteiger partial charge in [-0.15, -0.1) is 0 Å². The zero-order chi connectivity index (χ0) is 34.2. The Morgan fingerprint density at radius 1 is 0.837 bits per heavy atom. The average Bonchev–Trinajstić information content (AvgIpc) is 3.48. The minimum Gasteiger partial charge on any atom is -0.505 e. The summed E-state index contributed by atoms with van der Waals surface area (Å²) in [7, 11) is 0. The SMILES string of the molecule is O=C1C2CC3C(=CCC4C(=O)N(C5CCCCC5)C(=O)C43)C(c3ccc(O)c(F)c3)C2(c2ccc(Cl)cc2)C(=O)N1Nc1ccc(F)cc1. The van der Waals surface area contributed by atoms with E-state index in [1.165, 1.54) is 47.4 Å². The molecule has 5 aliphatic rings. The number of phenols is 1. The molecule has 11 heteroatoms. The van der Waals surface area contributed by atoms with E-state index >= 15 is 9.18 Å². The van der Waals surface area contributed by atoms with Gasteiger partial charge >= 0.3 is 0 Å². The first kappa shape index (κ1) is 31.7. The van der Waals surface area contributed by atoms with Gasteiger partial charge < -0.3 is 5.11 Å². The molecule has 2 saturated heterocycles. The van der Waals surface area contributed by atoms with Gasteiger partial charge in [-0.25, -0.2) is 8.78 Å². The van der Waals surface area contributed by atoms with E-state index in [2.05, 4.69) is 5.43 Å². The molecule has 3 aromatic rings. The minimum atomic E-state index is -1.62. The lowest BCUT2D eigenvalue weighted by molar-refractivity contribution is -0.144. The number of hydrogen-bond donors (Lipinski definition) is 2. The summed E-state index contributed by atoms with van der Waals surface area (Å²) in [4.78, 5) is 59.5. The van der Waals surface area contributed by atoms with Crippen molar-refractivity contribution in [2.75, 3.05) is 5.43 Å². The molecule has 2 heterocycles. The summed E-state index contributed by atoms with van der Waals surface area (Å²) in [6.45, 7) is 0. The topological polar surface area (TPSA) is 107 Å². The van der Waals surface area contributed by atoms with Crippen LogP contribution in [0.4, 0.5) is 14.5 Å². The molecule has 3 aliphatic carbocycles. The zero-order valence-electron chi connectivity index (χ0n) is 26.5. The second kappa shape index (κ2) is 11.8. The molecule has 8 nitrogen and oxygen atoms in total. The number of nitrogens with zero attached hydrogens (tertiary/aromatic N) is 2. The molecular weight excluding hydrogens is 652 g/mol. The van der Waals surface area contributed by atoms with Crippen molar-refractivity contribution in [1.29, 1.82) is 0 Å². The Morgan fingerprint density at radius 2 is 1.55 bits per heavy atom. The maximum Gasteiger partial charge on any atom is 0.260 e. The van der Waals surface area contributed by atoms with E-state index in [-0.39, 0.29) is 30.7 Å². The van der Waals surface area contributed by atoms with Gasteiger partial charge in [0.2, 0.25) is 11.8 Å². The van der Waals surface area contributed by atoms with Crippen LogP contribution in [-0.2, 0) is 24.6 Å². The van der Waals surface area contributed by atoms with Gasteiger partial charge in [0.25, 0.3) is 11.8 Å². The minimum absolute atomic E-state index is 0.0936. The van der Waals surface area contributed by atoms with Gasteiger partial charge in [0.05, 0.1) is 28.9 Å². The second-order valence-corrected chi connectivity index (χ2v) is 14.4. The first-order chi connectivity index (χ1) is 23.6. The Bertz CT molecular complexity index is 1910. The third-order valence-electron chi connectivity index (χ3n) is 11.5. The van der Waals surface area contributed by atoms with Gasteiger partial charge in [-0.3, -0.25) is 29.5 Å². The van der Waals surface area contributed by atoms with Crippen molar-refractivity contribution in [3.63, 3.8) is 0 Å². The molecule has 4 amide bonds. The molecular formula is C38H34ClF2N3O5. The molecule has 2 aliphatic heterocycles. The second-order valence-electron chi connectivity index (χ2n) is 13.9. The quantitative estimate of drug-likeness (QED) is 0.230. The molecule has 4 fully saturated rings. The highest BCUT2D eigenvalue weighted by atomic mass is 35.5. The fourth-order valence-electron chi connectivity index (χ4n) is 9.46. The van der Waals surface area contributed by atoms with Crippen LogP contribution in [0.25, 0.3) is 0 Å². The van der Waals surface area contributed by atoms with Crippen molar-refractivity contribution in [2.45, 2.75) is 62.3 Å². The van der Waals surface area contributed by atoms with E-state index in [9.17, 15) is 23.9 Å². The predicted octanol–water partition coefficient (Wildman–Crippen LogP) is 6.64. The number of halogens is 3. The third kappa shape index (κ3) is 4.74. The summed E-state index contributed by atoms with van der Waals surface area (Å²) in [5, 5.41) is 11.5. The summed E-state index contributed by atoms with van der Waals surface area (Å²) >= 11 is 6.31. The number of hydrazine groups is 1. The van der Waals surface area contributed by atoms with E-state index < -0.39 is 64.2 Å². The highest BCUT2D eigenvalue weighted by Crippen LogP contribution is 2.64. The molecule has 2 saturated carbocycles. The first-order valence-corrected chi connectivity index (χ1v) is 17.2. The number of imide groups is 2. The smallest absolute Gasteiger partial charge is 0.260 e. The number of rotatable bonds is 5. The predicted molar refractivity (Wildman–Crippen MR) is 176 cm³/mol. The number of carbonyl (C=O) groups excluding carboxylic acids is 4. The number of allylic oxidation sites excluding steroid dienone is 2. The highest BCUT2D eigenvalue weighted by molar-refractivity contribution is 6.30. The maximum absolute atomic E-state index is 15.2. The molecule has 0 radical (unpaired) electrons. The van der Waals surface area contributed by atoms with E-state index in [0.29, 0.717) is 27.4 Å². The van der Waals surface area contributed by atoms with Gasteiger partial charge in [-0.05, 0) is 91.3 Å². The average molecular weight is 686 g/mol. The van der Waals surface area contributed by atoms with Crippen molar-refractivity contribution < 1.29 is 33.1 Å². The van der Waals surface area contributed by atoms with Gasteiger partial charge in [-0.1, -0.05) is 60.7 Å². The van der Waals surface area contributed by atoms with Crippen molar-refractivity contribution >= 4 is 40.9 Å². The Labute approximate surface area is 286 Å². The number of hydrogen-bond acceptors (Lipinski definition) is 6. The number of nitrogens with one attached hydrogen (secondary N) is 1. The maximum atomic E-state index is 15.2. The Hall–Kier alpha value is -4.57. The van der Waals surface area contributed by atoms with E-state index in [4.69, 9.17) is 11.6 Å². The number of fused-ring (bicyclic) bond motifs is 4. The lowest BCUT2D eigenvalue weighted by atomic mass is 9.49. The number of anilines is 1. The number of amides is 4. The van der Waals surface area contributed by atoms with Crippen LogP contribution < -0.4 is 5.43 Å². The lowest BCUT2D eigenvalue weighted by Crippen LogP contribution is -2.53. The van der Waals surface area contributed by atoms with E-state index in [1.807, 2.05) is 6.08 Å². The molecule has 0 aromatic heterocycles. The number of carbonyl (C=O) groups is 4. The van der Waals surface area contributed by atoms with Crippen molar-refractivity contribution in [2.24, 2.45) is 23.7 Å². The zero-order valence-corrected chi connectivity index (χ0v) is 27.2. The monoisotopic (exact) mass is 685 g/mol. The van der Waals surface area contributed by atoms with Crippen LogP contribution in [0, 0.1) is 35.3 Å². The molecule has 49 heavy (non-hydrogen) atoms. The van der Waals surface area contributed by atoms with Crippen LogP contribution in [0.15, 0.2) is 78.4 Å². The fourth-order valence-corrected chi connectivity index (χ4v) is 9.58. The molecule has 0 spiro atoms. The highest BCUT2D eigenvalue weighted by Gasteiger charge is 2.70.